The predicted molar refractivity (Wildman–Crippen MR) is 84.5 cm³/mol. The van der Waals surface area contributed by atoms with E-state index < -0.39 is 11.9 Å². The second-order valence-electron chi connectivity index (χ2n) is 4.92. The number of halogens is 1. The lowest BCUT2D eigenvalue weighted by Gasteiger charge is -2.09. The first-order chi connectivity index (χ1) is 11.6. The molecule has 0 spiro atoms. The Hall–Kier alpha value is -2.73. The molecule has 1 aliphatic rings. The molecule has 0 amide bonds. The average Bonchev–Trinajstić information content (AvgIpc) is 3.08. The number of methoxy groups -OCH3 is 1. The van der Waals surface area contributed by atoms with E-state index in [9.17, 15) is 9.59 Å². The van der Waals surface area contributed by atoms with Crippen LogP contribution < -0.4 is 9.47 Å². The smallest absolute Gasteiger partial charge is 0.339 e. The Labute approximate surface area is 142 Å². The zero-order valence-electron chi connectivity index (χ0n) is 12.7. The Morgan fingerprint density at radius 2 is 1.83 bits per heavy atom. The molecule has 0 aromatic heterocycles. The van der Waals surface area contributed by atoms with Gasteiger partial charge in [0.15, 0.2) is 11.5 Å². The van der Waals surface area contributed by atoms with Crippen LogP contribution in [0.15, 0.2) is 36.4 Å². The van der Waals surface area contributed by atoms with Gasteiger partial charge in [0.05, 0.1) is 23.3 Å². The van der Waals surface area contributed by atoms with Gasteiger partial charge in [-0.15, -0.1) is 0 Å². The summed E-state index contributed by atoms with van der Waals surface area (Å²) >= 11 is 6.09. The van der Waals surface area contributed by atoms with Crippen LogP contribution in [0.2, 0.25) is 5.02 Å². The summed E-state index contributed by atoms with van der Waals surface area (Å²) in [5.74, 6) is -0.259. The van der Waals surface area contributed by atoms with Gasteiger partial charge < -0.3 is 18.9 Å². The van der Waals surface area contributed by atoms with E-state index in [1.807, 2.05) is 0 Å². The molecule has 24 heavy (non-hydrogen) atoms. The molecule has 0 atom stereocenters. The summed E-state index contributed by atoms with van der Waals surface area (Å²) in [6, 6.07) is 9.60. The normalized spacial score (nSPS) is 11.9. The lowest BCUT2D eigenvalue weighted by molar-refractivity contribution is 0.0457. The maximum Gasteiger partial charge on any atom is 0.339 e. The van der Waals surface area contributed by atoms with E-state index in [4.69, 9.17) is 25.8 Å². The fourth-order valence-corrected chi connectivity index (χ4v) is 2.57. The molecule has 0 bridgehead atoms. The molecule has 0 saturated heterocycles. The van der Waals surface area contributed by atoms with Gasteiger partial charge in [-0.25, -0.2) is 9.59 Å². The first-order valence-electron chi connectivity index (χ1n) is 7.02. The number of ether oxygens (including phenoxy) is 4. The van der Waals surface area contributed by atoms with Gasteiger partial charge in [-0.05, 0) is 29.8 Å². The van der Waals surface area contributed by atoms with E-state index in [0.29, 0.717) is 22.1 Å². The number of fused-ring (bicyclic) bond motifs is 1. The second-order valence-corrected chi connectivity index (χ2v) is 5.33. The highest BCUT2D eigenvalue weighted by atomic mass is 35.5. The molecule has 0 fully saturated rings. The number of esters is 2. The molecule has 0 radical (unpaired) electrons. The van der Waals surface area contributed by atoms with Crippen LogP contribution in [-0.4, -0.2) is 25.8 Å². The minimum Gasteiger partial charge on any atom is -0.465 e. The van der Waals surface area contributed by atoms with Crippen molar-refractivity contribution in [3.8, 4) is 11.5 Å². The van der Waals surface area contributed by atoms with Gasteiger partial charge in [0, 0.05) is 0 Å². The molecule has 2 aromatic rings. The van der Waals surface area contributed by atoms with Crippen molar-refractivity contribution in [3.63, 3.8) is 0 Å². The van der Waals surface area contributed by atoms with E-state index in [1.54, 1.807) is 24.3 Å². The van der Waals surface area contributed by atoms with E-state index in [1.165, 1.54) is 19.2 Å². The number of hydrogen-bond donors (Lipinski definition) is 0. The number of rotatable bonds is 4. The Morgan fingerprint density at radius 3 is 2.54 bits per heavy atom. The summed E-state index contributed by atoms with van der Waals surface area (Å²) in [5, 5.41) is 0.381. The van der Waals surface area contributed by atoms with Crippen LogP contribution in [0.3, 0.4) is 0 Å². The van der Waals surface area contributed by atoms with Crippen molar-refractivity contribution < 1.29 is 28.5 Å². The third kappa shape index (κ3) is 3.14. The molecule has 6 nitrogen and oxygen atoms in total. The summed E-state index contributed by atoms with van der Waals surface area (Å²) in [5.41, 5.74) is 0.929. The third-order valence-corrected chi connectivity index (χ3v) is 3.69. The van der Waals surface area contributed by atoms with Crippen LogP contribution >= 0.6 is 11.6 Å². The molecule has 1 aliphatic heterocycles. The van der Waals surface area contributed by atoms with Crippen LogP contribution in [0.1, 0.15) is 26.3 Å². The number of carbonyl (C=O) groups excluding carboxylic acids is 2. The molecule has 7 heteroatoms. The van der Waals surface area contributed by atoms with Crippen LogP contribution in [0.5, 0.6) is 11.5 Å². The average molecular weight is 349 g/mol. The van der Waals surface area contributed by atoms with E-state index in [2.05, 4.69) is 4.74 Å². The van der Waals surface area contributed by atoms with Crippen molar-refractivity contribution in [1.29, 1.82) is 0 Å². The van der Waals surface area contributed by atoms with Gasteiger partial charge in [0.2, 0.25) is 6.79 Å². The van der Waals surface area contributed by atoms with Gasteiger partial charge in [-0.1, -0.05) is 23.7 Å². The zero-order valence-corrected chi connectivity index (χ0v) is 13.5. The largest absolute Gasteiger partial charge is 0.465 e. The van der Waals surface area contributed by atoms with Crippen LogP contribution in [-0.2, 0) is 16.1 Å². The van der Waals surface area contributed by atoms with Gasteiger partial charge in [-0.3, -0.25) is 0 Å². The molecule has 0 N–H and O–H groups in total. The summed E-state index contributed by atoms with van der Waals surface area (Å²) < 4.78 is 20.4. The van der Waals surface area contributed by atoms with E-state index in [0.717, 1.165) is 0 Å². The number of benzene rings is 2. The van der Waals surface area contributed by atoms with Gasteiger partial charge in [0.25, 0.3) is 0 Å². The molecule has 3 rings (SSSR count). The Morgan fingerprint density at radius 1 is 1.12 bits per heavy atom. The Balaban J connectivity index is 1.75. The van der Waals surface area contributed by atoms with Gasteiger partial charge >= 0.3 is 11.9 Å². The lowest BCUT2D eigenvalue weighted by atomic mass is 10.1. The van der Waals surface area contributed by atoms with Crippen molar-refractivity contribution >= 4 is 23.5 Å². The number of hydrogen-bond acceptors (Lipinski definition) is 6. The summed E-state index contributed by atoms with van der Waals surface area (Å²) in [4.78, 5) is 24.0. The molecule has 0 saturated carbocycles. The molecular formula is C17H13ClO6. The first-order valence-corrected chi connectivity index (χ1v) is 7.40. The Kier molecular flexibility index (Phi) is 4.57. The maximum atomic E-state index is 12.3. The molecular weight excluding hydrogens is 336 g/mol. The fourth-order valence-electron chi connectivity index (χ4n) is 2.28. The highest BCUT2D eigenvalue weighted by Crippen LogP contribution is 2.39. The summed E-state index contributed by atoms with van der Waals surface area (Å²) in [6.07, 6.45) is 0. The lowest BCUT2D eigenvalue weighted by Crippen LogP contribution is -2.12. The van der Waals surface area contributed by atoms with Crippen molar-refractivity contribution in [2.75, 3.05) is 13.9 Å². The Bertz CT molecular complexity index is 802. The second kappa shape index (κ2) is 6.80. The third-order valence-electron chi connectivity index (χ3n) is 3.41. The van der Waals surface area contributed by atoms with Crippen molar-refractivity contribution in [3.05, 3.63) is 58.1 Å². The van der Waals surface area contributed by atoms with E-state index >= 15 is 0 Å². The minimum atomic E-state index is -0.634. The number of carbonyl (C=O) groups is 2. The molecule has 124 valence electrons. The van der Waals surface area contributed by atoms with Gasteiger partial charge in [0.1, 0.15) is 6.61 Å². The SMILES string of the molecule is COC(=O)c1ccccc1C(=O)OCc1cc(Cl)c2c(c1)OCO2. The summed E-state index contributed by atoms with van der Waals surface area (Å²) in [6.45, 7) is 0.0789. The minimum absolute atomic E-state index is 0.0231. The quantitative estimate of drug-likeness (QED) is 0.790. The van der Waals surface area contributed by atoms with Crippen LogP contribution in [0.25, 0.3) is 0 Å². The zero-order chi connectivity index (χ0) is 17.1. The molecule has 0 unspecified atom stereocenters. The fraction of sp³-hybridized carbons (Fsp3) is 0.176. The molecule has 0 aliphatic carbocycles. The topological polar surface area (TPSA) is 71.1 Å². The van der Waals surface area contributed by atoms with Crippen molar-refractivity contribution in [1.82, 2.24) is 0 Å². The standard InChI is InChI=1S/C17H13ClO6/c1-21-16(19)11-4-2-3-5-12(11)17(20)22-8-10-6-13(18)15-14(7-10)23-9-24-15/h2-7H,8-9H2,1H3. The molecule has 1 heterocycles. The first kappa shape index (κ1) is 16.1. The maximum absolute atomic E-state index is 12.3. The predicted octanol–water partition coefficient (Wildman–Crippen LogP) is 3.21. The van der Waals surface area contributed by atoms with Crippen molar-refractivity contribution in [2.24, 2.45) is 0 Å². The highest BCUT2D eigenvalue weighted by molar-refractivity contribution is 6.32. The highest BCUT2D eigenvalue weighted by Gasteiger charge is 2.21. The van der Waals surface area contributed by atoms with Gasteiger partial charge in [-0.2, -0.15) is 0 Å². The molecule has 2 aromatic carbocycles. The summed E-state index contributed by atoms with van der Waals surface area (Å²) in [7, 11) is 1.25. The monoisotopic (exact) mass is 348 g/mol. The van der Waals surface area contributed by atoms with Crippen molar-refractivity contribution in [2.45, 2.75) is 6.61 Å². The van der Waals surface area contributed by atoms with Crippen LogP contribution in [0, 0.1) is 0 Å². The van der Waals surface area contributed by atoms with Crippen LogP contribution in [0.4, 0.5) is 0 Å². The van der Waals surface area contributed by atoms with E-state index in [-0.39, 0.29) is 24.5 Å².